The smallest absolute Gasteiger partial charge is 0.295 e. The van der Waals surface area contributed by atoms with E-state index in [-0.39, 0.29) is 11.7 Å². The molecular weight excluding hydrogens is 444 g/mol. The van der Waals surface area contributed by atoms with E-state index in [0.29, 0.717) is 41.8 Å². The molecule has 1 saturated heterocycles. The molecule has 0 spiro atoms. The van der Waals surface area contributed by atoms with Crippen LogP contribution >= 0.6 is 11.6 Å². The van der Waals surface area contributed by atoms with Gasteiger partial charge in [-0.1, -0.05) is 11.6 Å². The van der Waals surface area contributed by atoms with E-state index in [2.05, 4.69) is 27.5 Å². The van der Waals surface area contributed by atoms with Crippen LogP contribution in [-0.4, -0.2) is 53.5 Å². The topological polar surface area (TPSA) is 93.5 Å². The maximum atomic E-state index is 12.8. The summed E-state index contributed by atoms with van der Waals surface area (Å²) >= 11 is 6.41. The van der Waals surface area contributed by atoms with Gasteiger partial charge in [0.15, 0.2) is 5.82 Å². The van der Waals surface area contributed by atoms with E-state index in [1.54, 1.807) is 17.8 Å². The van der Waals surface area contributed by atoms with Crippen LogP contribution in [0.25, 0.3) is 10.9 Å². The summed E-state index contributed by atoms with van der Waals surface area (Å²) in [5.41, 5.74) is 2.17. The molecule has 0 amide bonds. The van der Waals surface area contributed by atoms with Gasteiger partial charge in [-0.25, -0.2) is 4.98 Å². The first-order chi connectivity index (χ1) is 15.9. The van der Waals surface area contributed by atoms with Crippen molar-refractivity contribution in [3.63, 3.8) is 0 Å². The largest absolute Gasteiger partial charge is 0.486 e. The molecule has 33 heavy (non-hydrogen) atoms. The molecule has 1 aromatic carbocycles. The maximum Gasteiger partial charge on any atom is 0.295 e. The molecule has 2 atom stereocenters. The fourth-order valence-electron chi connectivity index (χ4n) is 4.33. The Hall–Kier alpha value is -3.04. The molecule has 9 nitrogen and oxygen atoms in total. The first-order valence-electron chi connectivity index (χ1n) is 11.1. The van der Waals surface area contributed by atoms with Gasteiger partial charge in [-0.15, -0.1) is 0 Å². The maximum absolute atomic E-state index is 12.8. The Morgan fingerprint density at radius 3 is 3.00 bits per heavy atom. The zero-order valence-corrected chi connectivity index (χ0v) is 19.6. The van der Waals surface area contributed by atoms with E-state index >= 15 is 0 Å². The number of ether oxygens (including phenoxy) is 2. The summed E-state index contributed by atoms with van der Waals surface area (Å²) < 4.78 is 13.1. The van der Waals surface area contributed by atoms with E-state index in [4.69, 9.17) is 21.1 Å². The lowest BCUT2D eigenvalue weighted by Crippen LogP contribution is -2.43. The Kier molecular flexibility index (Phi) is 5.76. The lowest BCUT2D eigenvalue weighted by molar-refractivity contribution is -0.107. The number of halogens is 1. The minimum atomic E-state index is -0.149. The van der Waals surface area contributed by atoms with Crippen molar-refractivity contribution >= 4 is 45.6 Å². The summed E-state index contributed by atoms with van der Waals surface area (Å²) in [6.45, 7) is 4.03. The minimum absolute atomic E-state index is 0.149. The highest BCUT2D eigenvalue weighted by molar-refractivity contribution is 6.32. The number of rotatable bonds is 5. The van der Waals surface area contributed by atoms with E-state index < -0.39 is 0 Å². The van der Waals surface area contributed by atoms with Crippen molar-refractivity contribution in [2.24, 2.45) is 7.05 Å². The molecule has 1 fully saturated rings. The van der Waals surface area contributed by atoms with Gasteiger partial charge in [0.1, 0.15) is 5.02 Å². The highest BCUT2D eigenvalue weighted by atomic mass is 35.5. The summed E-state index contributed by atoms with van der Waals surface area (Å²) in [6, 6.07) is 5.78. The van der Waals surface area contributed by atoms with Gasteiger partial charge in [-0.3, -0.25) is 4.79 Å². The van der Waals surface area contributed by atoms with Gasteiger partial charge in [-0.05, 0) is 31.5 Å². The average Bonchev–Trinajstić information content (AvgIpc) is 3.04. The SMILES string of the molecule is CC1CC(CN(C)c2ncc(Cl)c(Nc3ccc4c(c3)c3c(c(=O)n4C)OCCCN3)n2)O1. The van der Waals surface area contributed by atoms with Gasteiger partial charge in [0.2, 0.25) is 11.7 Å². The van der Waals surface area contributed by atoms with E-state index in [1.807, 2.05) is 30.1 Å². The number of nitrogens with zero attached hydrogens (tertiary/aromatic N) is 4. The molecule has 2 aliphatic rings. The van der Waals surface area contributed by atoms with Crippen LogP contribution in [0.5, 0.6) is 5.75 Å². The predicted octanol–water partition coefficient (Wildman–Crippen LogP) is 3.53. The first kappa shape index (κ1) is 21.8. The van der Waals surface area contributed by atoms with Crippen LogP contribution in [0.4, 0.5) is 23.1 Å². The second-order valence-corrected chi connectivity index (χ2v) is 9.01. The van der Waals surface area contributed by atoms with Gasteiger partial charge < -0.3 is 29.6 Å². The van der Waals surface area contributed by atoms with Gasteiger partial charge in [0.25, 0.3) is 5.56 Å². The number of anilines is 4. The summed E-state index contributed by atoms with van der Waals surface area (Å²) in [6.07, 6.45) is 3.96. The van der Waals surface area contributed by atoms with Crippen LogP contribution in [0.3, 0.4) is 0 Å². The Morgan fingerprint density at radius 1 is 1.39 bits per heavy atom. The third-order valence-corrected chi connectivity index (χ3v) is 6.33. The van der Waals surface area contributed by atoms with Gasteiger partial charge in [-0.2, -0.15) is 4.98 Å². The summed E-state index contributed by atoms with van der Waals surface area (Å²) in [5.74, 6) is 1.43. The number of nitrogens with one attached hydrogen (secondary N) is 2. The van der Waals surface area contributed by atoms with Crippen LogP contribution in [0.1, 0.15) is 19.8 Å². The minimum Gasteiger partial charge on any atom is -0.486 e. The van der Waals surface area contributed by atoms with Crippen LogP contribution in [0.15, 0.2) is 29.2 Å². The highest BCUT2D eigenvalue weighted by Crippen LogP contribution is 2.34. The monoisotopic (exact) mass is 470 g/mol. The predicted molar refractivity (Wildman–Crippen MR) is 130 cm³/mol. The summed E-state index contributed by atoms with van der Waals surface area (Å²) in [7, 11) is 3.69. The molecule has 2 N–H and O–H groups in total. The van der Waals surface area contributed by atoms with Crippen molar-refractivity contribution in [3.05, 3.63) is 39.8 Å². The Morgan fingerprint density at radius 2 is 2.21 bits per heavy atom. The van der Waals surface area contributed by atoms with Crippen LogP contribution in [-0.2, 0) is 11.8 Å². The second kappa shape index (κ2) is 8.72. The van der Waals surface area contributed by atoms with Gasteiger partial charge in [0, 0.05) is 44.7 Å². The molecular formula is C23H27ClN6O3. The number of hydrogen-bond acceptors (Lipinski definition) is 8. The summed E-state index contributed by atoms with van der Waals surface area (Å²) in [4.78, 5) is 23.7. The molecule has 0 saturated carbocycles. The number of fused-ring (bicyclic) bond motifs is 3. The first-order valence-corrected chi connectivity index (χ1v) is 11.5. The standard InChI is InChI=1S/C23H27ClN6O3/c1-13-9-15(33-13)12-29(2)23-26-11-17(24)21(28-23)27-14-5-6-18-16(10-14)19-20(22(31)30(18)3)32-8-4-7-25-19/h5-6,10-11,13,15,25H,4,7-9,12H2,1-3H3,(H,26,27,28). The van der Waals surface area contributed by atoms with Gasteiger partial charge in [0.05, 0.1) is 36.2 Å². The van der Waals surface area contributed by atoms with Crippen molar-refractivity contribution in [2.45, 2.75) is 32.0 Å². The number of aryl methyl sites for hydroxylation is 1. The van der Waals surface area contributed by atoms with Crippen LogP contribution < -0.4 is 25.8 Å². The highest BCUT2D eigenvalue weighted by Gasteiger charge is 2.28. The fourth-order valence-corrected chi connectivity index (χ4v) is 4.46. The molecule has 3 aromatic rings. The molecule has 2 unspecified atom stereocenters. The molecule has 0 radical (unpaired) electrons. The lowest BCUT2D eigenvalue weighted by atomic mass is 10.1. The number of hydrogen-bond donors (Lipinski definition) is 2. The van der Waals surface area contributed by atoms with Crippen LogP contribution in [0.2, 0.25) is 5.02 Å². The van der Waals surface area contributed by atoms with Crippen molar-refractivity contribution < 1.29 is 9.47 Å². The third-order valence-electron chi connectivity index (χ3n) is 6.06. The van der Waals surface area contributed by atoms with Crippen molar-refractivity contribution in [2.75, 3.05) is 42.3 Å². The van der Waals surface area contributed by atoms with Gasteiger partial charge >= 0.3 is 0 Å². The zero-order valence-electron chi connectivity index (χ0n) is 18.9. The average molecular weight is 471 g/mol. The van der Waals surface area contributed by atoms with E-state index in [9.17, 15) is 4.79 Å². The molecule has 5 rings (SSSR count). The molecule has 4 heterocycles. The number of aromatic nitrogens is 3. The second-order valence-electron chi connectivity index (χ2n) is 8.61. The Bertz CT molecular complexity index is 1260. The molecule has 0 bridgehead atoms. The molecule has 2 aromatic heterocycles. The number of benzene rings is 1. The molecule has 2 aliphatic heterocycles. The quantitative estimate of drug-likeness (QED) is 0.585. The zero-order chi connectivity index (χ0) is 23.1. The molecule has 174 valence electrons. The van der Waals surface area contributed by atoms with E-state index in [1.165, 1.54) is 0 Å². The van der Waals surface area contributed by atoms with Crippen LogP contribution in [0, 0.1) is 0 Å². The Labute approximate surface area is 196 Å². The summed E-state index contributed by atoms with van der Waals surface area (Å²) in [5, 5.41) is 7.97. The Balaban J connectivity index is 1.46. The number of pyridine rings is 1. The van der Waals surface area contributed by atoms with Crippen molar-refractivity contribution in [1.82, 2.24) is 14.5 Å². The molecule has 0 aliphatic carbocycles. The molecule has 10 heteroatoms. The fraction of sp³-hybridized carbons (Fsp3) is 0.435. The lowest BCUT2D eigenvalue weighted by Gasteiger charge is -2.36. The van der Waals surface area contributed by atoms with Crippen molar-refractivity contribution in [3.8, 4) is 5.75 Å². The third kappa shape index (κ3) is 4.18. The van der Waals surface area contributed by atoms with E-state index in [0.717, 1.165) is 41.7 Å². The van der Waals surface area contributed by atoms with Crippen molar-refractivity contribution in [1.29, 1.82) is 0 Å². The normalized spacial score (nSPS) is 19.6. The number of likely N-dealkylation sites (N-methyl/N-ethyl adjacent to an activating group) is 1.